The lowest BCUT2D eigenvalue weighted by Gasteiger charge is -2.14. The van der Waals surface area contributed by atoms with Crippen LogP contribution in [0.15, 0.2) is 24.3 Å². The molecule has 0 fully saturated rings. The van der Waals surface area contributed by atoms with E-state index in [1.165, 1.54) is 13.0 Å². The summed E-state index contributed by atoms with van der Waals surface area (Å²) in [5.74, 6) is -2.82. The second-order valence-electron chi connectivity index (χ2n) is 6.72. The van der Waals surface area contributed by atoms with E-state index < -0.39 is 23.2 Å². The summed E-state index contributed by atoms with van der Waals surface area (Å²) in [6.07, 6.45) is 4.35. The summed E-state index contributed by atoms with van der Waals surface area (Å²) < 4.78 is 28.7. The molecule has 4 nitrogen and oxygen atoms in total. The van der Waals surface area contributed by atoms with Crippen LogP contribution < -0.4 is 5.32 Å². The summed E-state index contributed by atoms with van der Waals surface area (Å²) >= 11 is 0. The van der Waals surface area contributed by atoms with Crippen molar-refractivity contribution < 1.29 is 18.4 Å². The van der Waals surface area contributed by atoms with Crippen LogP contribution in [0.2, 0.25) is 0 Å². The van der Waals surface area contributed by atoms with Crippen molar-refractivity contribution in [3.63, 3.8) is 0 Å². The summed E-state index contributed by atoms with van der Waals surface area (Å²) in [6.45, 7) is 5.77. The van der Waals surface area contributed by atoms with Crippen molar-refractivity contribution in [1.82, 2.24) is 4.57 Å². The van der Waals surface area contributed by atoms with E-state index in [0.717, 1.165) is 47.5 Å². The van der Waals surface area contributed by atoms with Gasteiger partial charge in [-0.05, 0) is 43.9 Å². The van der Waals surface area contributed by atoms with Crippen LogP contribution in [0.4, 0.5) is 14.5 Å². The molecule has 0 saturated heterocycles. The number of nitrogens with one attached hydrogen (secondary N) is 1. The molecule has 1 aromatic heterocycles. The normalized spacial score (nSPS) is 13.6. The lowest BCUT2D eigenvalue weighted by molar-refractivity contribution is -0.113. The Kier molecular flexibility index (Phi) is 5.26. The van der Waals surface area contributed by atoms with Crippen LogP contribution in [-0.4, -0.2) is 16.1 Å². The first-order valence-electron chi connectivity index (χ1n) is 9.05. The number of fused-ring (bicyclic) bond motifs is 1. The highest BCUT2D eigenvalue weighted by atomic mass is 19.2. The molecule has 1 aromatic carbocycles. The fourth-order valence-corrected chi connectivity index (χ4v) is 3.68. The molecule has 2 aromatic rings. The number of anilines is 1. The third-order valence-electron chi connectivity index (χ3n) is 4.82. The molecule has 6 heteroatoms. The van der Waals surface area contributed by atoms with E-state index >= 15 is 0 Å². The zero-order valence-corrected chi connectivity index (χ0v) is 15.7. The van der Waals surface area contributed by atoms with Crippen molar-refractivity contribution in [2.24, 2.45) is 0 Å². The average molecular weight is 372 g/mol. The molecule has 1 N–H and O–H groups in total. The molecule has 1 aliphatic heterocycles. The molecule has 0 spiro atoms. The Morgan fingerprint density at radius 1 is 1.26 bits per heavy atom. The molecule has 0 saturated carbocycles. The van der Waals surface area contributed by atoms with Gasteiger partial charge in [0.05, 0.1) is 5.69 Å². The SMILES string of the molecule is CC/C=C(/Nc1ccc(F)c(F)c1)c1c(C)c(C(=O)C(C)=O)n2c1CCC2. The predicted octanol–water partition coefficient (Wildman–Crippen LogP) is 4.66. The molecule has 0 unspecified atom stereocenters. The fourth-order valence-electron chi connectivity index (χ4n) is 3.68. The van der Waals surface area contributed by atoms with Gasteiger partial charge in [0.1, 0.15) is 0 Å². The van der Waals surface area contributed by atoms with Crippen LogP contribution >= 0.6 is 0 Å². The highest BCUT2D eigenvalue weighted by Crippen LogP contribution is 2.35. The molecule has 0 amide bonds. The molecular weight excluding hydrogens is 350 g/mol. The molecule has 3 rings (SSSR count). The van der Waals surface area contributed by atoms with Crippen LogP contribution in [0.3, 0.4) is 0 Å². The van der Waals surface area contributed by atoms with E-state index in [9.17, 15) is 18.4 Å². The van der Waals surface area contributed by atoms with Crippen LogP contribution in [0.1, 0.15) is 54.0 Å². The lowest BCUT2D eigenvalue weighted by atomic mass is 10.0. The van der Waals surface area contributed by atoms with Crippen LogP contribution in [0, 0.1) is 18.6 Å². The Labute approximate surface area is 156 Å². The first kappa shape index (κ1) is 19.0. The minimum absolute atomic E-state index is 0.422. The van der Waals surface area contributed by atoms with Gasteiger partial charge < -0.3 is 9.88 Å². The topological polar surface area (TPSA) is 51.1 Å². The number of rotatable bonds is 6. The van der Waals surface area contributed by atoms with Crippen molar-refractivity contribution in [2.45, 2.75) is 46.6 Å². The van der Waals surface area contributed by atoms with E-state index in [4.69, 9.17) is 0 Å². The van der Waals surface area contributed by atoms with Crippen LogP contribution in [-0.2, 0) is 17.8 Å². The third kappa shape index (κ3) is 3.44. The zero-order valence-electron chi connectivity index (χ0n) is 15.7. The number of carbonyl (C=O) groups is 2. The quantitative estimate of drug-likeness (QED) is 0.593. The zero-order chi connectivity index (χ0) is 19.7. The van der Waals surface area contributed by atoms with E-state index in [1.807, 2.05) is 24.5 Å². The van der Waals surface area contributed by atoms with E-state index in [2.05, 4.69) is 5.32 Å². The van der Waals surface area contributed by atoms with Crippen LogP contribution in [0.5, 0.6) is 0 Å². The molecule has 2 heterocycles. The van der Waals surface area contributed by atoms with Gasteiger partial charge in [-0.15, -0.1) is 0 Å². The van der Waals surface area contributed by atoms with E-state index in [0.29, 0.717) is 24.3 Å². The van der Waals surface area contributed by atoms with Crippen molar-refractivity contribution in [3.8, 4) is 0 Å². The molecule has 0 bridgehead atoms. The minimum Gasteiger partial charge on any atom is -0.355 e. The van der Waals surface area contributed by atoms with E-state index in [1.54, 1.807) is 0 Å². The number of carbonyl (C=O) groups excluding carboxylic acids is 2. The summed E-state index contributed by atoms with van der Waals surface area (Å²) in [6, 6.07) is 3.64. The maximum absolute atomic E-state index is 13.6. The van der Waals surface area contributed by atoms with Gasteiger partial charge in [-0.2, -0.15) is 0 Å². The maximum Gasteiger partial charge on any atom is 0.244 e. The average Bonchev–Trinajstić information content (AvgIpc) is 3.17. The molecule has 0 radical (unpaired) electrons. The first-order chi connectivity index (χ1) is 12.8. The van der Waals surface area contributed by atoms with Gasteiger partial charge in [-0.25, -0.2) is 8.78 Å². The fraction of sp³-hybridized carbons (Fsp3) is 0.333. The Morgan fingerprint density at radius 2 is 2.00 bits per heavy atom. The number of aromatic nitrogens is 1. The van der Waals surface area contributed by atoms with Gasteiger partial charge >= 0.3 is 0 Å². The second kappa shape index (κ2) is 7.47. The standard InChI is InChI=1S/C21H22F2N2O2/c1-4-6-17(24-14-8-9-15(22)16(23)11-14)19-12(2)20(21(27)13(3)26)25-10-5-7-18(19)25/h6,8-9,11,24H,4-5,7,10H2,1-3H3/b17-6+. The van der Waals surface area contributed by atoms with E-state index in [-0.39, 0.29) is 0 Å². The smallest absolute Gasteiger partial charge is 0.244 e. The van der Waals surface area contributed by atoms with Crippen molar-refractivity contribution >= 4 is 23.0 Å². The van der Waals surface area contributed by atoms with Gasteiger partial charge in [0.15, 0.2) is 11.6 Å². The summed E-state index contributed by atoms with van der Waals surface area (Å²) in [5, 5.41) is 3.16. The number of hydrogen-bond donors (Lipinski definition) is 1. The van der Waals surface area contributed by atoms with Crippen molar-refractivity contribution in [1.29, 1.82) is 0 Å². The Balaban J connectivity index is 2.10. The number of halogens is 2. The second-order valence-corrected chi connectivity index (χ2v) is 6.72. The summed E-state index contributed by atoms with van der Waals surface area (Å²) in [7, 11) is 0. The molecule has 0 atom stereocenters. The lowest BCUT2D eigenvalue weighted by Crippen LogP contribution is -2.16. The number of nitrogens with zero attached hydrogens (tertiary/aromatic N) is 1. The minimum atomic E-state index is -0.929. The molecule has 0 aliphatic carbocycles. The van der Waals surface area contributed by atoms with Crippen molar-refractivity contribution in [3.05, 3.63) is 58.4 Å². The first-order valence-corrected chi connectivity index (χ1v) is 9.05. The number of allylic oxidation sites excluding steroid dienone is 1. The summed E-state index contributed by atoms with van der Waals surface area (Å²) in [5.41, 5.74) is 4.17. The van der Waals surface area contributed by atoms with Gasteiger partial charge in [-0.3, -0.25) is 9.59 Å². The van der Waals surface area contributed by atoms with Gasteiger partial charge in [0.2, 0.25) is 11.6 Å². The number of hydrogen-bond acceptors (Lipinski definition) is 3. The molecule has 27 heavy (non-hydrogen) atoms. The largest absolute Gasteiger partial charge is 0.355 e. The highest BCUT2D eigenvalue weighted by molar-refractivity contribution is 6.43. The molecule has 1 aliphatic rings. The predicted molar refractivity (Wildman–Crippen MR) is 101 cm³/mol. The Hall–Kier alpha value is -2.76. The third-order valence-corrected chi connectivity index (χ3v) is 4.82. The van der Waals surface area contributed by atoms with Crippen LogP contribution in [0.25, 0.3) is 5.70 Å². The monoisotopic (exact) mass is 372 g/mol. The molecule has 142 valence electrons. The van der Waals surface area contributed by atoms with Gasteiger partial charge in [0.25, 0.3) is 0 Å². The van der Waals surface area contributed by atoms with Gasteiger partial charge in [-0.1, -0.05) is 13.0 Å². The van der Waals surface area contributed by atoms with Crippen molar-refractivity contribution in [2.75, 3.05) is 5.32 Å². The Bertz CT molecular complexity index is 958. The van der Waals surface area contributed by atoms with Gasteiger partial charge in [0, 0.05) is 42.2 Å². The highest BCUT2D eigenvalue weighted by Gasteiger charge is 2.30. The Morgan fingerprint density at radius 3 is 2.63 bits per heavy atom. The maximum atomic E-state index is 13.6. The number of ketones is 2. The number of Topliss-reactive ketones (excluding diaryl/α,β-unsaturated/α-hetero) is 2. The summed E-state index contributed by atoms with van der Waals surface area (Å²) in [4.78, 5) is 24.1. The molecular formula is C21H22F2N2O2. The number of benzene rings is 1.